The van der Waals surface area contributed by atoms with Crippen molar-refractivity contribution in [2.45, 2.75) is 41.5 Å². The van der Waals surface area contributed by atoms with E-state index >= 15 is 0 Å². The molecule has 0 heterocycles. The van der Waals surface area contributed by atoms with Crippen molar-refractivity contribution >= 4 is 5.91 Å². The van der Waals surface area contributed by atoms with Crippen LogP contribution in [0.3, 0.4) is 0 Å². The number of nitrogens with one attached hydrogen (secondary N) is 1. The number of rotatable bonds is 5. The van der Waals surface area contributed by atoms with Crippen molar-refractivity contribution in [3.8, 4) is 0 Å². The van der Waals surface area contributed by atoms with Gasteiger partial charge in [0.2, 0.25) is 5.91 Å². The number of hydrogen-bond acceptors (Lipinski definition) is 2. The molecule has 0 aromatic heterocycles. The maximum absolute atomic E-state index is 11.4. The van der Waals surface area contributed by atoms with E-state index in [0.29, 0.717) is 0 Å². The average Bonchev–Trinajstić information content (AvgIpc) is 2.15. The van der Waals surface area contributed by atoms with Crippen LogP contribution in [0.4, 0.5) is 0 Å². The minimum atomic E-state index is 0.0742. The average molecular weight is 230 g/mol. The van der Waals surface area contributed by atoms with Gasteiger partial charge in [0, 0.05) is 19.0 Å². The summed E-state index contributed by atoms with van der Waals surface area (Å²) in [5, 5.41) is 2.96. The maximum Gasteiger partial charge on any atom is 0.222 e. The number of nitrogens with zero attached hydrogens (tertiary/aromatic N) is 1. The lowest BCUT2D eigenvalue weighted by molar-refractivity contribution is -0.124. The molecular weight excluding hydrogens is 200 g/mol. The molecule has 0 aliphatic carbocycles. The molecule has 0 rings (SSSR count). The summed E-state index contributed by atoms with van der Waals surface area (Å²) < 4.78 is 0. The summed E-state index contributed by atoms with van der Waals surface area (Å²) in [4.78, 5) is 13.5. The highest BCUT2D eigenvalue weighted by molar-refractivity contribution is 5.77. The van der Waals surface area contributed by atoms with Crippen molar-refractivity contribution in [2.75, 3.05) is 27.2 Å². The van der Waals surface area contributed by atoms with Gasteiger partial charge in [0.25, 0.3) is 0 Å². The Morgan fingerprint density at radius 2 is 1.69 bits per heavy atom. The maximum atomic E-state index is 11.4. The standard InChI is InChI=1S/C11H24N2O.C2H6/c1-9(2)10(14)12-7-11(3,4)8-13(5)6;1-2/h9H,7-8H2,1-6H3,(H,12,14);1-2H3. The van der Waals surface area contributed by atoms with Crippen LogP contribution >= 0.6 is 0 Å². The van der Waals surface area contributed by atoms with Crippen LogP contribution in [0.5, 0.6) is 0 Å². The molecule has 1 amide bonds. The summed E-state index contributed by atoms with van der Waals surface area (Å²) in [6.45, 7) is 13.9. The van der Waals surface area contributed by atoms with Gasteiger partial charge >= 0.3 is 0 Å². The molecule has 0 bridgehead atoms. The molecule has 0 fully saturated rings. The summed E-state index contributed by atoms with van der Waals surface area (Å²) in [5.41, 5.74) is 0.133. The largest absolute Gasteiger partial charge is 0.355 e. The van der Waals surface area contributed by atoms with Crippen molar-refractivity contribution < 1.29 is 4.79 Å². The van der Waals surface area contributed by atoms with E-state index in [2.05, 4.69) is 24.1 Å². The first-order valence-electron chi connectivity index (χ1n) is 6.17. The van der Waals surface area contributed by atoms with Crippen LogP contribution in [0.1, 0.15) is 41.5 Å². The van der Waals surface area contributed by atoms with Crippen LogP contribution in [0.25, 0.3) is 0 Å². The van der Waals surface area contributed by atoms with Gasteiger partial charge < -0.3 is 10.2 Å². The van der Waals surface area contributed by atoms with Gasteiger partial charge in [-0.05, 0) is 19.5 Å². The molecule has 0 aromatic carbocycles. The second-order valence-electron chi connectivity index (χ2n) is 5.27. The lowest BCUT2D eigenvalue weighted by Crippen LogP contribution is -2.41. The van der Waals surface area contributed by atoms with Crippen LogP contribution < -0.4 is 5.32 Å². The summed E-state index contributed by atoms with van der Waals surface area (Å²) in [6.07, 6.45) is 0. The van der Waals surface area contributed by atoms with Gasteiger partial charge in [0.05, 0.1) is 0 Å². The van der Waals surface area contributed by atoms with Crippen molar-refractivity contribution in [3.63, 3.8) is 0 Å². The molecule has 98 valence electrons. The molecule has 0 atom stereocenters. The Morgan fingerprint density at radius 3 is 2.00 bits per heavy atom. The summed E-state index contributed by atoms with van der Waals surface area (Å²) in [5.74, 6) is 0.210. The molecule has 0 aliphatic heterocycles. The Bertz CT molecular complexity index is 186. The molecule has 0 unspecified atom stereocenters. The van der Waals surface area contributed by atoms with E-state index in [4.69, 9.17) is 0 Å². The quantitative estimate of drug-likeness (QED) is 0.786. The Morgan fingerprint density at radius 1 is 1.25 bits per heavy atom. The molecule has 3 nitrogen and oxygen atoms in total. The van der Waals surface area contributed by atoms with Gasteiger partial charge in [-0.1, -0.05) is 41.5 Å². The Hall–Kier alpha value is -0.570. The van der Waals surface area contributed by atoms with E-state index in [-0.39, 0.29) is 17.2 Å². The fourth-order valence-corrected chi connectivity index (χ4v) is 1.44. The van der Waals surface area contributed by atoms with E-state index in [1.807, 2.05) is 41.8 Å². The first kappa shape index (κ1) is 17.8. The topological polar surface area (TPSA) is 32.3 Å². The van der Waals surface area contributed by atoms with Crippen molar-refractivity contribution in [3.05, 3.63) is 0 Å². The second kappa shape index (κ2) is 8.57. The third kappa shape index (κ3) is 9.97. The summed E-state index contributed by atoms with van der Waals surface area (Å²) >= 11 is 0. The predicted octanol–water partition coefficient (Wildman–Crippen LogP) is 2.37. The highest BCUT2D eigenvalue weighted by Gasteiger charge is 2.20. The van der Waals surface area contributed by atoms with Crippen molar-refractivity contribution in [1.29, 1.82) is 0 Å². The third-order valence-electron chi connectivity index (χ3n) is 2.01. The number of carbonyl (C=O) groups excluding carboxylic acids is 1. The molecule has 16 heavy (non-hydrogen) atoms. The third-order valence-corrected chi connectivity index (χ3v) is 2.01. The molecule has 0 saturated carbocycles. The minimum Gasteiger partial charge on any atom is -0.355 e. The fourth-order valence-electron chi connectivity index (χ4n) is 1.44. The second-order valence-corrected chi connectivity index (χ2v) is 5.27. The molecule has 0 saturated heterocycles. The van der Waals surface area contributed by atoms with Gasteiger partial charge in [-0.25, -0.2) is 0 Å². The zero-order chi connectivity index (χ0) is 13.4. The lowest BCUT2D eigenvalue weighted by atomic mass is 9.93. The molecular formula is C13H30N2O. The molecule has 0 radical (unpaired) electrons. The van der Waals surface area contributed by atoms with Crippen LogP contribution in [0, 0.1) is 11.3 Å². The van der Waals surface area contributed by atoms with Gasteiger partial charge in [-0.2, -0.15) is 0 Å². The van der Waals surface area contributed by atoms with Crippen LogP contribution in [-0.2, 0) is 4.79 Å². The smallest absolute Gasteiger partial charge is 0.222 e. The lowest BCUT2D eigenvalue weighted by Gasteiger charge is -2.28. The number of amides is 1. The summed E-state index contributed by atoms with van der Waals surface area (Å²) in [7, 11) is 4.10. The van der Waals surface area contributed by atoms with Crippen LogP contribution in [0.2, 0.25) is 0 Å². The molecule has 0 aromatic rings. The molecule has 3 heteroatoms. The van der Waals surface area contributed by atoms with E-state index in [1.54, 1.807) is 0 Å². The van der Waals surface area contributed by atoms with Gasteiger partial charge in [0.15, 0.2) is 0 Å². The summed E-state index contributed by atoms with van der Waals surface area (Å²) in [6, 6.07) is 0. The number of hydrogen-bond donors (Lipinski definition) is 1. The van der Waals surface area contributed by atoms with E-state index in [1.165, 1.54) is 0 Å². The van der Waals surface area contributed by atoms with Crippen LogP contribution in [-0.4, -0.2) is 38.0 Å². The Kier molecular flexibility index (Phi) is 9.54. The highest BCUT2D eigenvalue weighted by Crippen LogP contribution is 2.14. The fraction of sp³-hybridized carbons (Fsp3) is 0.923. The zero-order valence-corrected chi connectivity index (χ0v) is 12.3. The van der Waals surface area contributed by atoms with Gasteiger partial charge in [-0.15, -0.1) is 0 Å². The highest BCUT2D eigenvalue weighted by atomic mass is 16.1. The predicted molar refractivity (Wildman–Crippen MR) is 71.5 cm³/mol. The Labute approximate surface area is 102 Å². The monoisotopic (exact) mass is 230 g/mol. The Balaban J connectivity index is 0. The first-order chi connectivity index (χ1) is 7.24. The molecule has 0 aliphatic rings. The SMILES string of the molecule is CC.CC(C)C(=O)NCC(C)(C)CN(C)C. The van der Waals surface area contributed by atoms with Crippen molar-refractivity contribution in [2.24, 2.45) is 11.3 Å². The van der Waals surface area contributed by atoms with Gasteiger partial charge in [0.1, 0.15) is 0 Å². The first-order valence-corrected chi connectivity index (χ1v) is 6.17. The molecule has 0 spiro atoms. The van der Waals surface area contributed by atoms with E-state index in [0.717, 1.165) is 13.1 Å². The van der Waals surface area contributed by atoms with Crippen molar-refractivity contribution in [1.82, 2.24) is 10.2 Å². The van der Waals surface area contributed by atoms with E-state index < -0.39 is 0 Å². The normalized spacial score (nSPS) is 11.1. The van der Waals surface area contributed by atoms with E-state index in [9.17, 15) is 4.79 Å². The molecule has 1 N–H and O–H groups in total. The van der Waals surface area contributed by atoms with Crippen LogP contribution in [0.15, 0.2) is 0 Å². The number of carbonyl (C=O) groups is 1. The van der Waals surface area contributed by atoms with Gasteiger partial charge in [-0.3, -0.25) is 4.79 Å². The minimum absolute atomic E-state index is 0.0742. The zero-order valence-electron chi connectivity index (χ0n) is 12.3.